The van der Waals surface area contributed by atoms with E-state index in [0.29, 0.717) is 6.04 Å². The van der Waals surface area contributed by atoms with Gasteiger partial charge in [0.15, 0.2) is 0 Å². The first kappa shape index (κ1) is 14.0. The average molecular weight is 226 g/mol. The minimum Gasteiger partial charge on any atom is -0.315 e. The lowest BCUT2D eigenvalue weighted by Gasteiger charge is -2.28. The molecular formula is C14H30N2. The summed E-state index contributed by atoms with van der Waals surface area (Å²) < 4.78 is 0. The summed E-state index contributed by atoms with van der Waals surface area (Å²) in [6.07, 6.45) is 6.87. The largest absolute Gasteiger partial charge is 0.315 e. The summed E-state index contributed by atoms with van der Waals surface area (Å²) in [6.45, 7) is 11.9. The van der Waals surface area contributed by atoms with Crippen LogP contribution in [0.25, 0.3) is 0 Å². The Morgan fingerprint density at radius 1 is 1.25 bits per heavy atom. The van der Waals surface area contributed by atoms with Crippen LogP contribution in [-0.2, 0) is 0 Å². The number of nitrogens with one attached hydrogen (secondary N) is 1. The lowest BCUT2D eigenvalue weighted by Crippen LogP contribution is -2.41. The molecule has 0 spiro atoms. The van der Waals surface area contributed by atoms with E-state index in [2.05, 4.69) is 31.0 Å². The quantitative estimate of drug-likeness (QED) is 0.701. The Balaban J connectivity index is 2.24. The Hall–Kier alpha value is -0.0800. The Morgan fingerprint density at radius 2 is 2.06 bits per heavy atom. The van der Waals surface area contributed by atoms with E-state index in [1.807, 2.05) is 0 Å². The van der Waals surface area contributed by atoms with Crippen LogP contribution in [0.2, 0.25) is 0 Å². The van der Waals surface area contributed by atoms with Crippen molar-refractivity contribution in [3.05, 3.63) is 0 Å². The maximum Gasteiger partial charge on any atom is 0.0192 e. The van der Waals surface area contributed by atoms with Crippen LogP contribution in [-0.4, -0.2) is 37.1 Å². The van der Waals surface area contributed by atoms with Crippen molar-refractivity contribution in [2.45, 2.75) is 58.9 Å². The van der Waals surface area contributed by atoms with Crippen LogP contribution in [0.4, 0.5) is 0 Å². The second-order valence-corrected chi connectivity index (χ2v) is 5.29. The fourth-order valence-electron chi connectivity index (χ4n) is 2.65. The molecule has 16 heavy (non-hydrogen) atoms. The zero-order chi connectivity index (χ0) is 11.8. The molecule has 1 N–H and O–H groups in total. The Labute approximate surface area is 102 Å². The van der Waals surface area contributed by atoms with Gasteiger partial charge in [0, 0.05) is 12.6 Å². The van der Waals surface area contributed by atoms with Gasteiger partial charge in [0.1, 0.15) is 0 Å². The van der Waals surface area contributed by atoms with Crippen LogP contribution in [0, 0.1) is 5.92 Å². The van der Waals surface area contributed by atoms with Crippen molar-refractivity contribution in [1.29, 1.82) is 0 Å². The summed E-state index contributed by atoms with van der Waals surface area (Å²) in [7, 11) is 0. The van der Waals surface area contributed by atoms with E-state index in [1.165, 1.54) is 45.2 Å². The van der Waals surface area contributed by atoms with Gasteiger partial charge in [0.2, 0.25) is 0 Å². The molecule has 0 radical (unpaired) electrons. The molecule has 0 amide bonds. The maximum atomic E-state index is 3.54. The standard InChI is InChI=1S/C14H30N2/c1-4-9-15-12-13(3)16-10-6-7-14(5-2)8-11-16/h13-15H,4-12H2,1-3H3. The fourth-order valence-corrected chi connectivity index (χ4v) is 2.65. The summed E-state index contributed by atoms with van der Waals surface area (Å²) in [5.74, 6) is 0.987. The molecule has 0 aromatic rings. The highest BCUT2D eigenvalue weighted by Crippen LogP contribution is 2.21. The molecule has 1 saturated heterocycles. The molecule has 1 fully saturated rings. The zero-order valence-corrected chi connectivity index (χ0v) is 11.5. The minimum atomic E-state index is 0.710. The zero-order valence-electron chi connectivity index (χ0n) is 11.5. The van der Waals surface area contributed by atoms with E-state index in [4.69, 9.17) is 0 Å². The van der Waals surface area contributed by atoms with Crippen LogP contribution in [0.15, 0.2) is 0 Å². The van der Waals surface area contributed by atoms with Gasteiger partial charge in [0.25, 0.3) is 0 Å². The van der Waals surface area contributed by atoms with Crippen LogP contribution in [0.1, 0.15) is 52.9 Å². The summed E-state index contributed by atoms with van der Waals surface area (Å²) in [5.41, 5.74) is 0. The molecule has 2 heteroatoms. The molecule has 1 aliphatic rings. The predicted octanol–water partition coefficient (Wildman–Crippen LogP) is 2.89. The third-order valence-corrected chi connectivity index (χ3v) is 3.95. The fraction of sp³-hybridized carbons (Fsp3) is 1.00. The van der Waals surface area contributed by atoms with Crippen LogP contribution < -0.4 is 5.32 Å². The van der Waals surface area contributed by atoms with Crippen molar-refractivity contribution in [2.24, 2.45) is 5.92 Å². The van der Waals surface area contributed by atoms with Gasteiger partial charge < -0.3 is 5.32 Å². The number of nitrogens with zero attached hydrogens (tertiary/aromatic N) is 1. The number of hydrogen-bond acceptors (Lipinski definition) is 2. The molecule has 0 aliphatic carbocycles. The van der Waals surface area contributed by atoms with Crippen molar-refractivity contribution >= 4 is 0 Å². The van der Waals surface area contributed by atoms with Gasteiger partial charge in [-0.05, 0) is 58.2 Å². The molecule has 96 valence electrons. The second-order valence-electron chi connectivity index (χ2n) is 5.29. The van der Waals surface area contributed by atoms with Crippen molar-refractivity contribution in [1.82, 2.24) is 10.2 Å². The highest BCUT2D eigenvalue weighted by Gasteiger charge is 2.19. The monoisotopic (exact) mass is 226 g/mol. The molecular weight excluding hydrogens is 196 g/mol. The smallest absolute Gasteiger partial charge is 0.0192 e. The minimum absolute atomic E-state index is 0.710. The number of rotatable bonds is 6. The van der Waals surface area contributed by atoms with Gasteiger partial charge >= 0.3 is 0 Å². The molecule has 0 aromatic heterocycles. The van der Waals surface area contributed by atoms with Crippen LogP contribution >= 0.6 is 0 Å². The predicted molar refractivity (Wildman–Crippen MR) is 71.8 cm³/mol. The lowest BCUT2D eigenvalue weighted by molar-refractivity contribution is 0.209. The Bertz CT molecular complexity index is 170. The topological polar surface area (TPSA) is 15.3 Å². The van der Waals surface area contributed by atoms with E-state index in [0.717, 1.165) is 19.0 Å². The van der Waals surface area contributed by atoms with E-state index in [9.17, 15) is 0 Å². The van der Waals surface area contributed by atoms with Gasteiger partial charge in [0.05, 0.1) is 0 Å². The van der Waals surface area contributed by atoms with Gasteiger partial charge in [-0.25, -0.2) is 0 Å². The highest BCUT2D eigenvalue weighted by atomic mass is 15.2. The molecule has 2 unspecified atom stereocenters. The second kappa shape index (κ2) is 8.08. The van der Waals surface area contributed by atoms with Crippen molar-refractivity contribution in [3.63, 3.8) is 0 Å². The first-order valence-electron chi connectivity index (χ1n) is 7.22. The molecule has 0 aromatic carbocycles. The third-order valence-electron chi connectivity index (χ3n) is 3.95. The van der Waals surface area contributed by atoms with Crippen LogP contribution in [0.5, 0.6) is 0 Å². The molecule has 1 heterocycles. The highest BCUT2D eigenvalue weighted by molar-refractivity contribution is 4.75. The number of likely N-dealkylation sites (tertiary alicyclic amines) is 1. The maximum absolute atomic E-state index is 3.54. The first-order chi connectivity index (χ1) is 7.77. The lowest BCUT2D eigenvalue weighted by atomic mass is 9.98. The van der Waals surface area contributed by atoms with E-state index in [1.54, 1.807) is 0 Å². The third kappa shape index (κ3) is 4.84. The van der Waals surface area contributed by atoms with Crippen molar-refractivity contribution in [2.75, 3.05) is 26.2 Å². The molecule has 1 aliphatic heterocycles. The van der Waals surface area contributed by atoms with Crippen LogP contribution in [0.3, 0.4) is 0 Å². The molecule has 0 saturated carbocycles. The van der Waals surface area contributed by atoms with Gasteiger partial charge in [-0.1, -0.05) is 20.3 Å². The SMILES string of the molecule is CCCNCC(C)N1CCCC(CC)CC1. The summed E-state index contributed by atoms with van der Waals surface area (Å²) in [6, 6.07) is 0.710. The molecule has 2 atom stereocenters. The number of hydrogen-bond donors (Lipinski definition) is 1. The summed E-state index contributed by atoms with van der Waals surface area (Å²) in [5, 5.41) is 3.54. The van der Waals surface area contributed by atoms with Gasteiger partial charge in [-0.3, -0.25) is 4.90 Å². The summed E-state index contributed by atoms with van der Waals surface area (Å²) >= 11 is 0. The molecule has 1 rings (SSSR count). The normalized spacial score (nSPS) is 25.3. The molecule has 2 nitrogen and oxygen atoms in total. The van der Waals surface area contributed by atoms with E-state index < -0.39 is 0 Å². The Kier molecular flexibility index (Phi) is 7.06. The van der Waals surface area contributed by atoms with Crippen molar-refractivity contribution < 1.29 is 0 Å². The summed E-state index contributed by atoms with van der Waals surface area (Å²) in [4.78, 5) is 2.68. The van der Waals surface area contributed by atoms with Gasteiger partial charge in [-0.2, -0.15) is 0 Å². The van der Waals surface area contributed by atoms with Gasteiger partial charge in [-0.15, -0.1) is 0 Å². The van der Waals surface area contributed by atoms with E-state index >= 15 is 0 Å². The first-order valence-corrected chi connectivity index (χ1v) is 7.22. The Morgan fingerprint density at radius 3 is 2.75 bits per heavy atom. The molecule has 0 bridgehead atoms. The van der Waals surface area contributed by atoms with Crippen molar-refractivity contribution in [3.8, 4) is 0 Å². The van der Waals surface area contributed by atoms with E-state index in [-0.39, 0.29) is 0 Å². The average Bonchev–Trinajstić information content (AvgIpc) is 2.54.